The number of carbonyl (C=O) groups excluding carboxylic acids is 2. The van der Waals surface area contributed by atoms with E-state index in [9.17, 15) is 9.59 Å². The van der Waals surface area contributed by atoms with Gasteiger partial charge in [-0.25, -0.2) is 0 Å². The molecule has 0 bridgehead atoms. The highest BCUT2D eigenvalue weighted by molar-refractivity contribution is 6.09. The largest absolute Gasteiger partial charge is 0.468 e. The van der Waals surface area contributed by atoms with E-state index in [0.29, 0.717) is 18.3 Å². The van der Waals surface area contributed by atoms with E-state index in [-0.39, 0.29) is 23.6 Å². The summed E-state index contributed by atoms with van der Waals surface area (Å²) in [7, 11) is 1.36. The third-order valence-corrected chi connectivity index (χ3v) is 4.59. The monoisotopic (exact) mass is 236 g/mol. The summed E-state index contributed by atoms with van der Waals surface area (Å²) in [6, 6.07) is 0. The van der Waals surface area contributed by atoms with E-state index in [1.54, 1.807) is 6.08 Å². The average molecular weight is 236 g/mol. The minimum absolute atomic E-state index is 0.0163. The molecule has 0 aliphatic heterocycles. The van der Waals surface area contributed by atoms with E-state index >= 15 is 0 Å². The Labute approximate surface area is 102 Å². The van der Waals surface area contributed by atoms with E-state index in [2.05, 4.69) is 20.4 Å². The predicted octanol–water partition coefficient (Wildman–Crippen LogP) is 2.21. The summed E-state index contributed by atoms with van der Waals surface area (Å²) in [5.74, 6) is 0.710. The van der Waals surface area contributed by atoms with Crippen molar-refractivity contribution in [2.24, 2.45) is 29.1 Å². The third-order valence-electron chi connectivity index (χ3n) is 4.59. The number of ether oxygens (including phenoxy) is 1. The molecule has 4 atom stereocenters. The van der Waals surface area contributed by atoms with Crippen LogP contribution in [0.15, 0.2) is 12.7 Å². The summed E-state index contributed by atoms with van der Waals surface area (Å²) in [6.07, 6.45) is 3.16. The minimum atomic E-state index is -0.885. The Balaban J connectivity index is 2.38. The zero-order chi connectivity index (χ0) is 12.8. The van der Waals surface area contributed by atoms with E-state index in [1.807, 2.05) is 0 Å². The van der Waals surface area contributed by atoms with Crippen molar-refractivity contribution >= 4 is 11.8 Å². The molecular formula is C14H20O3. The third kappa shape index (κ3) is 1.41. The Morgan fingerprint density at radius 3 is 2.71 bits per heavy atom. The molecule has 2 aliphatic carbocycles. The van der Waals surface area contributed by atoms with Crippen LogP contribution < -0.4 is 0 Å². The van der Waals surface area contributed by atoms with Gasteiger partial charge in [0, 0.05) is 12.3 Å². The van der Waals surface area contributed by atoms with E-state index in [4.69, 9.17) is 4.74 Å². The highest BCUT2D eigenvalue weighted by atomic mass is 16.5. The fraction of sp³-hybridized carbons (Fsp3) is 0.714. The number of Topliss-reactive ketones (excluding diaryl/α,β-unsaturated/α-hetero) is 1. The first-order valence-corrected chi connectivity index (χ1v) is 6.26. The highest BCUT2D eigenvalue weighted by Gasteiger charge is 2.76. The predicted molar refractivity (Wildman–Crippen MR) is 64.2 cm³/mol. The lowest BCUT2D eigenvalue weighted by atomic mass is 9.75. The van der Waals surface area contributed by atoms with Gasteiger partial charge in [-0.3, -0.25) is 9.59 Å². The molecule has 0 aromatic heterocycles. The van der Waals surface area contributed by atoms with Gasteiger partial charge in [-0.1, -0.05) is 19.9 Å². The van der Waals surface area contributed by atoms with Crippen LogP contribution in [0.4, 0.5) is 0 Å². The number of hydrogen-bond acceptors (Lipinski definition) is 3. The van der Waals surface area contributed by atoms with Crippen LogP contribution in [0, 0.1) is 29.1 Å². The van der Waals surface area contributed by atoms with Gasteiger partial charge in [0.05, 0.1) is 7.11 Å². The lowest BCUT2D eigenvalue weighted by Gasteiger charge is -2.28. The minimum Gasteiger partial charge on any atom is -0.468 e. The van der Waals surface area contributed by atoms with Crippen molar-refractivity contribution in [2.75, 3.05) is 7.11 Å². The Morgan fingerprint density at radius 2 is 2.24 bits per heavy atom. The van der Waals surface area contributed by atoms with Crippen molar-refractivity contribution in [1.29, 1.82) is 0 Å². The molecule has 94 valence electrons. The van der Waals surface area contributed by atoms with E-state index < -0.39 is 5.41 Å². The van der Waals surface area contributed by atoms with Crippen molar-refractivity contribution in [1.82, 2.24) is 0 Å². The second kappa shape index (κ2) is 3.97. The summed E-state index contributed by atoms with van der Waals surface area (Å²) in [4.78, 5) is 24.1. The molecule has 0 spiro atoms. The van der Waals surface area contributed by atoms with Crippen LogP contribution in [0.3, 0.4) is 0 Å². The molecule has 2 fully saturated rings. The molecule has 0 N–H and O–H groups in total. The molecule has 0 saturated heterocycles. The second-order valence-corrected chi connectivity index (χ2v) is 5.52. The highest BCUT2D eigenvalue weighted by Crippen LogP contribution is 2.68. The molecule has 17 heavy (non-hydrogen) atoms. The second-order valence-electron chi connectivity index (χ2n) is 5.52. The molecule has 2 aliphatic rings. The first kappa shape index (κ1) is 12.3. The van der Waals surface area contributed by atoms with E-state index in [1.165, 1.54) is 7.11 Å². The Hall–Kier alpha value is -1.12. The zero-order valence-electron chi connectivity index (χ0n) is 10.7. The lowest BCUT2D eigenvalue weighted by molar-refractivity contribution is -0.154. The van der Waals surface area contributed by atoms with Crippen molar-refractivity contribution < 1.29 is 14.3 Å². The lowest BCUT2D eigenvalue weighted by Crippen LogP contribution is -2.36. The average Bonchev–Trinajstić information content (AvgIpc) is 2.99. The molecular weight excluding hydrogens is 216 g/mol. The standard InChI is InChI=1S/C14H20O3/c1-5-10-12-9(8(2)3)6-7-11(15)14(10,12)13(16)17-4/h5,8-10,12H,1,6-7H2,2-4H3/t9-,10-,12+,14-/m1/s1. The summed E-state index contributed by atoms with van der Waals surface area (Å²) < 4.78 is 4.86. The summed E-state index contributed by atoms with van der Waals surface area (Å²) >= 11 is 0. The normalized spacial score (nSPS) is 39.8. The number of rotatable bonds is 3. The molecule has 3 heteroatoms. The smallest absolute Gasteiger partial charge is 0.320 e. The van der Waals surface area contributed by atoms with Crippen LogP contribution >= 0.6 is 0 Å². The molecule has 0 aromatic carbocycles. The van der Waals surface area contributed by atoms with Crippen LogP contribution in [0.5, 0.6) is 0 Å². The fourth-order valence-electron chi connectivity index (χ4n) is 3.74. The maximum absolute atomic E-state index is 12.1. The van der Waals surface area contributed by atoms with Crippen LogP contribution in [0.2, 0.25) is 0 Å². The van der Waals surface area contributed by atoms with Gasteiger partial charge in [-0.2, -0.15) is 0 Å². The zero-order valence-corrected chi connectivity index (χ0v) is 10.7. The molecule has 0 amide bonds. The Bertz CT molecular complexity index is 362. The topological polar surface area (TPSA) is 43.4 Å². The van der Waals surface area contributed by atoms with E-state index in [0.717, 1.165) is 6.42 Å². The number of fused-ring (bicyclic) bond motifs is 1. The van der Waals surface area contributed by atoms with Gasteiger partial charge < -0.3 is 4.74 Å². The van der Waals surface area contributed by atoms with Gasteiger partial charge in [0.1, 0.15) is 5.41 Å². The Morgan fingerprint density at radius 1 is 1.59 bits per heavy atom. The molecule has 0 aromatic rings. The van der Waals surface area contributed by atoms with Crippen LogP contribution in [0.1, 0.15) is 26.7 Å². The first-order chi connectivity index (χ1) is 8.01. The maximum Gasteiger partial charge on any atom is 0.320 e. The van der Waals surface area contributed by atoms with Crippen LogP contribution in [-0.2, 0) is 14.3 Å². The number of ketones is 1. The number of esters is 1. The van der Waals surface area contributed by atoms with Crippen molar-refractivity contribution in [3.8, 4) is 0 Å². The number of allylic oxidation sites excluding steroid dienone is 1. The van der Waals surface area contributed by atoms with Crippen LogP contribution in [0.25, 0.3) is 0 Å². The first-order valence-electron chi connectivity index (χ1n) is 6.26. The Kier molecular flexibility index (Phi) is 2.88. The van der Waals surface area contributed by atoms with Gasteiger partial charge in [0.25, 0.3) is 0 Å². The van der Waals surface area contributed by atoms with Gasteiger partial charge in [-0.05, 0) is 24.2 Å². The molecule has 2 saturated carbocycles. The number of hydrogen-bond donors (Lipinski definition) is 0. The summed E-state index contributed by atoms with van der Waals surface area (Å²) in [6.45, 7) is 8.08. The van der Waals surface area contributed by atoms with Gasteiger partial charge in [0.15, 0.2) is 5.78 Å². The van der Waals surface area contributed by atoms with Crippen LogP contribution in [-0.4, -0.2) is 18.9 Å². The van der Waals surface area contributed by atoms with Gasteiger partial charge in [-0.15, -0.1) is 6.58 Å². The molecule has 2 rings (SSSR count). The quantitative estimate of drug-likeness (QED) is 0.428. The number of methoxy groups -OCH3 is 1. The summed E-state index contributed by atoms with van der Waals surface area (Å²) in [5, 5.41) is 0. The SMILES string of the molecule is C=C[C@@H]1[C@@H]2[C@@H](C(C)C)CCC(=O)[C@@]21C(=O)OC. The number of carbonyl (C=O) groups is 2. The van der Waals surface area contributed by atoms with Gasteiger partial charge >= 0.3 is 5.97 Å². The molecule has 3 nitrogen and oxygen atoms in total. The van der Waals surface area contributed by atoms with Gasteiger partial charge in [0.2, 0.25) is 0 Å². The van der Waals surface area contributed by atoms with Crippen molar-refractivity contribution in [2.45, 2.75) is 26.7 Å². The van der Waals surface area contributed by atoms with Crippen molar-refractivity contribution in [3.05, 3.63) is 12.7 Å². The fourth-order valence-corrected chi connectivity index (χ4v) is 3.74. The summed E-state index contributed by atoms with van der Waals surface area (Å²) in [5.41, 5.74) is -0.885. The molecule has 0 unspecified atom stereocenters. The molecule has 0 radical (unpaired) electrons. The molecule has 0 heterocycles. The van der Waals surface area contributed by atoms with Crippen molar-refractivity contribution in [3.63, 3.8) is 0 Å². The maximum atomic E-state index is 12.1.